The predicted molar refractivity (Wildman–Crippen MR) is 91.5 cm³/mol. The quantitative estimate of drug-likeness (QED) is 0.824. The maximum Gasteiger partial charge on any atom is 0.411 e. The first-order valence-corrected chi connectivity index (χ1v) is 8.54. The van der Waals surface area contributed by atoms with Crippen LogP contribution in [-0.4, -0.2) is 52.8 Å². The third-order valence-corrected chi connectivity index (χ3v) is 4.31. The minimum Gasteiger partial charge on any atom is -0.444 e. The molecule has 1 aliphatic carbocycles. The lowest BCUT2D eigenvalue weighted by molar-refractivity contribution is -0.134. The summed E-state index contributed by atoms with van der Waals surface area (Å²) in [6.45, 7) is 5.74. The van der Waals surface area contributed by atoms with E-state index in [0.29, 0.717) is 25.9 Å². The number of allylic oxidation sites excluding steroid dienone is 2. The molecule has 0 aromatic rings. The zero-order valence-electron chi connectivity index (χ0n) is 14.8. The zero-order chi connectivity index (χ0) is 17.8. The van der Waals surface area contributed by atoms with E-state index in [0.717, 1.165) is 18.4 Å². The molecule has 0 aromatic heterocycles. The van der Waals surface area contributed by atoms with Crippen molar-refractivity contribution < 1.29 is 19.4 Å². The summed E-state index contributed by atoms with van der Waals surface area (Å²) in [5.41, 5.74) is -0.833. The fourth-order valence-electron chi connectivity index (χ4n) is 3.08. The van der Waals surface area contributed by atoms with Crippen molar-refractivity contribution in [2.45, 2.75) is 57.6 Å². The molecule has 2 aliphatic rings. The van der Waals surface area contributed by atoms with Gasteiger partial charge in [-0.15, -0.1) is 0 Å². The molecule has 0 aromatic carbocycles. The number of rotatable bonds is 4. The number of ether oxygens (including phenoxy) is 1. The number of nitrogens with one attached hydrogen (secondary N) is 1. The summed E-state index contributed by atoms with van der Waals surface area (Å²) >= 11 is 0. The summed E-state index contributed by atoms with van der Waals surface area (Å²) in [6.07, 6.45) is 8.69. The van der Waals surface area contributed by atoms with Crippen LogP contribution in [0.15, 0.2) is 23.8 Å². The Morgan fingerprint density at radius 2 is 2.12 bits per heavy atom. The second-order valence-corrected chi connectivity index (χ2v) is 7.37. The molecule has 0 spiro atoms. The van der Waals surface area contributed by atoms with Crippen molar-refractivity contribution in [2.75, 3.05) is 19.7 Å². The van der Waals surface area contributed by atoms with Crippen molar-refractivity contribution in [1.29, 1.82) is 0 Å². The molecule has 0 bridgehead atoms. The van der Waals surface area contributed by atoms with E-state index < -0.39 is 23.8 Å². The molecule has 2 rings (SSSR count). The van der Waals surface area contributed by atoms with E-state index in [1.165, 1.54) is 4.90 Å². The van der Waals surface area contributed by atoms with Crippen LogP contribution in [0.3, 0.4) is 0 Å². The van der Waals surface area contributed by atoms with Gasteiger partial charge in [-0.2, -0.15) is 0 Å². The van der Waals surface area contributed by atoms with Crippen molar-refractivity contribution in [1.82, 2.24) is 10.2 Å². The van der Waals surface area contributed by atoms with Gasteiger partial charge in [0, 0.05) is 13.1 Å². The van der Waals surface area contributed by atoms with Gasteiger partial charge in [0.25, 0.3) is 0 Å². The molecule has 0 radical (unpaired) electrons. The molecule has 1 fully saturated rings. The summed E-state index contributed by atoms with van der Waals surface area (Å²) in [7, 11) is 0. The molecule has 6 heteroatoms. The molecule has 2 amide bonds. The SMILES string of the molecule is CC(C)(C)OC(=O)N1CCCC1(CO)C(=O)NCC1=CCCC=C1. The van der Waals surface area contributed by atoms with Gasteiger partial charge in [0.2, 0.25) is 5.91 Å². The molecule has 24 heavy (non-hydrogen) atoms. The van der Waals surface area contributed by atoms with Crippen LogP contribution in [0.1, 0.15) is 46.5 Å². The molecule has 1 saturated heterocycles. The topological polar surface area (TPSA) is 78.9 Å². The van der Waals surface area contributed by atoms with Crippen molar-refractivity contribution in [3.63, 3.8) is 0 Å². The Kier molecular flexibility index (Phi) is 5.70. The van der Waals surface area contributed by atoms with Gasteiger partial charge < -0.3 is 15.2 Å². The number of amides is 2. The Hall–Kier alpha value is -1.82. The molecule has 0 saturated carbocycles. The molecule has 1 atom stereocenters. The van der Waals surface area contributed by atoms with E-state index >= 15 is 0 Å². The highest BCUT2D eigenvalue weighted by molar-refractivity contribution is 5.91. The fourth-order valence-corrected chi connectivity index (χ4v) is 3.08. The average molecular weight is 336 g/mol. The van der Waals surface area contributed by atoms with E-state index in [4.69, 9.17) is 4.74 Å². The normalized spacial score (nSPS) is 23.8. The van der Waals surface area contributed by atoms with Gasteiger partial charge in [-0.3, -0.25) is 9.69 Å². The minimum absolute atomic E-state index is 0.326. The van der Waals surface area contributed by atoms with Gasteiger partial charge in [-0.05, 0) is 52.0 Å². The third kappa shape index (κ3) is 4.17. The average Bonchev–Trinajstić information content (AvgIpc) is 2.97. The van der Waals surface area contributed by atoms with Crippen molar-refractivity contribution in [2.24, 2.45) is 0 Å². The number of aliphatic hydroxyl groups excluding tert-OH is 1. The fraction of sp³-hybridized carbons (Fsp3) is 0.667. The smallest absolute Gasteiger partial charge is 0.411 e. The molecule has 1 aliphatic heterocycles. The van der Waals surface area contributed by atoms with E-state index in [1.807, 2.05) is 6.08 Å². The van der Waals surface area contributed by atoms with Gasteiger partial charge in [-0.25, -0.2) is 4.79 Å². The number of hydrogen-bond donors (Lipinski definition) is 2. The second-order valence-electron chi connectivity index (χ2n) is 7.37. The first kappa shape index (κ1) is 18.5. The number of aliphatic hydroxyl groups is 1. The molecule has 2 N–H and O–H groups in total. The summed E-state index contributed by atoms with van der Waals surface area (Å²) in [4.78, 5) is 26.6. The van der Waals surface area contributed by atoms with Gasteiger partial charge >= 0.3 is 6.09 Å². The molecular formula is C18H28N2O4. The van der Waals surface area contributed by atoms with Crippen molar-refractivity contribution in [3.05, 3.63) is 23.8 Å². The summed E-state index contributed by atoms with van der Waals surface area (Å²) < 4.78 is 5.40. The lowest BCUT2D eigenvalue weighted by Gasteiger charge is -2.36. The summed E-state index contributed by atoms with van der Waals surface area (Å²) in [5, 5.41) is 12.8. The van der Waals surface area contributed by atoms with Gasteiger partial charge in [-0.1, -0.05) is 18.2 Å². The number of carbonyl (C=O) groups is 2. The van der Waals surface area contributed by atoms with Crippen LogP contribution in [0.25, 0.3) is 0 Å². The predicted octanol–water partition coefficient (Wildman–Crippen LogP) is 2.14. The van der Waals surface area contributed by atoms with Crippen LogP contribution >= 0.6 is 0 Å². The van der Waals surface area contributed by atoms with Crippen LogP contribution in [0.4, 0.5) is 4.79 Å². The lowest BCUT2D eigenvalue weighted by atomic mass is 9.95. The van der Waals surface area contributed by atoms with Gasteiger partial charge in [0.1, 0.15) is 11.1 Å². The molecule has 1 heterocycles. The highest BCUT2D eigenvalue weighted by Crippen LogP contribution is 2.31. The van der Waals surface area contributed by atoms with E-state index in [-0.39, 0.29) is 5.91 Å². The molecule has 1 unspecified atom stereocenters. The first-order chi connectivity index (χ1) is 11.3. The van der Waals surface area contributed by atoms with E-state index in [2.05, 4.69) is 17.5 Å². The van der Waals surface area contributed by atoms with Gasteiger partial charge in [0.05, 0.1) is 6.61 Å². The molecular weight excluding hydrogens is 308 g/mol. The first-order valence-electron chi connectivity index (χ1n) is 8.54. The van der Waals surface area contributed by atoms with Crippen molar-refractivity contribution >= 4 is 12.0 Å². The molecule has 134 valence electrons. The standard InChI is InChI=1S/C18H28N2O4/c1-17(2,3)24-16(23)20-11-7-10-18(20,13-21)15(22)19-12-14-8-5-4-6-9-14/h5,8-9,21H,4,6-7,10-13H2,1-3H3,(H,19,22). The third-order valence-electron chi connectivity index (χ3n) is 4.31. The number of likely N-dealkylation sites (tertiary alicyclic amines) is 1. The highest BCUT2D eigenvalue weighted by Gasteiger charge is 2.50. The zero-order valence-corrected chi connectivity index (χ0v) is 14.8. The summed E-state index contributed by atoms with van der Waals surface area (Å²) in [6, 6.07) is 0. The van der Waals surface area contributed by atoms with Crippen LogP contribution in [0.5, 0.6) is 0 Å². The second kappa shape index (κ2) is 7.38. The van der Waals surface area contributed by atoms with Crippen LogP contribution in [0, 0.1) is 0 Å². The Morgan fingerprint density at radius 3 is 2.71 bits per heavy atom. The number of carbonyl (C=O) groups excluding carboxylic acids is 2. The van der Waals surface area contributed by atoms with E-state index in [9.17, 15) is 14.7 Å². The van der Waals surface area contributed by atoms with Crippen LogP contribution in [-0.2, 0) is 9.53 Å². The summed E-state index contributed by atoms with van der Waals surface area (Å²) in [5.74, 6) is -0.326. The largest absolute Gasteiger partial charge is 0.444 e. The lowest BCUT2D eigenvalue weighted by Crippen LogP contribution is -2.60. The molecule has 6 nitrogen and oxygen atoms in total. The number of nitrogens with zero attached hydrogens (tertiary/aromatic N) is 1. The van der Waals surface area contributed by atoms with Crippen molar-refractivity contribution in [3.8, 4) is 0 Å². The Morgan fingerprint density at radius 1 is 1.38 bits per heavy atom. The highest BCUT2D eigenvalue weighted by atomic mass is 16.6. The van der Waals surface area contributed by atoms with Gasteiger partial charge in [0.15, 0.2) is 0 Å². The monoisotopic (exact) mass is 336 g/mol. The Bertz CT molecular complexity index is 548. The maximum atomic E-state index is 12.7. The van der Waals surface area contributed by atoms with E-state index in [1.54, 1.807) is 20.8 Å². The van der Waals surface area contributed by atoms with Crippen LogP contribution in [0.2, 0.25) is 0 Å². The minimum atomic E-state index is -1.23. The maximum absolute atomic E-state index is 12.7. The Balaban J connectivity index is 2.07. The van der Waals surface area contributed by atoms with Crippen LogP contribution < -0.4 is 5.32 Å². The number of hydrogen-bond acceptors (Lipinski definition) is 4. The Labute approximate surface area is 143 Å².